The van der Waals surface area contributed by atoms with Crippen molar-refractivity contribution in [3.8, 4) is 0 Å². The molecule has 0 aliphatic carbocycles. The van der Waals surface area contributed by atoms with Crippen LogP contribution >= 0.6 is 0 Å². The standard InChI is InChI=1S/C17H21N3O4/c1-22-16(23-2)14-12(9-11-5-3-7-18-15(11)20-14)10-13-6-4-8-24-17(21)19-13/h4,6,8-9,16H,3,5,7,10H2,1-2H3,(H,18,20)(H,19,21). The van der Waals surface area contributed by atoms with Gasteiger partial charge in [-0.3, -0.25) is 5.32 Å². The number of anilines is 1. The van der Waals surface area contributed by atoms with Gasteiger partial charge in [0, 0.05) is 32.9 Å². The number of fused-ring (bicyclic) bond motifs is 1. The molecule has 1 amide bonds. The Balaban J connectivity index is 1.96. The summed E-state index contributed by atoms with van der Waals surface area (Å²) in [5.74, 6) is 0.876. The van der Waals surface area contributed by atoms with Crippen molar-refractivity contribution in [2.45, 2.75) is 25.6 Å². The summed E-state index contributed by atoms with van der Waals surface area (Å²) in [5, 5.41) is 6.04. The van der Waals surface area contributed by atoms with E-state index in [0.717, 1.165) is 36.5 Å². The zero-order valence-electron chi connectivity index (χ0n) is 13.8. The largest absolute Gasteiger partial charge is 0.418 e. The summed E-state index contributed by atoms with van der Waals surface area (Å²) < 4.78 is 15.6. The number of aryl methyl sites for hydroxylation is 1. The maximum absolute atomic E-state index is 11.5. The number of cyclic esters (lactones) is 1. The number of ether oxygens (including phenoxy) is 3. The molecule has 0 aromatic carbocycles. The summed E-state index contributed by atoms with van der Waals surface area (Å²) in [7, 11) is 3.16. The third-order valence-corrected chi connectivity index (χ3v) is 3.98. The molecule has 0 spiro atoms. The Morgan fingerprint density at radius 2 is 2.21 bits per heavy atom. The predicted octanol–water partition coefficient (Wildman–Crippen LogP) is 2.41. The van der Waals surface area contributed by atoms with Gasteiger partial charge in [-0.25, -0.2) is 9.78 Å². The van der Waals surface area contributed by atoms with E-state index < -0.39 is 12.4 Å². The van der Waals surface area contributed by atoms with Crippen LogP contribution < -0.4 is 10.6 Å². The van der Waals surface area contributed by atoms with Gasteiger partial charge in [-0.2, -0.15) is 0 Å². The maximum Gasteiger partial charge on any atom is 0.416 e. The number of carbonyl (C=O) groups excluding carboxylic acids is 1. The van der Waals surface area contributed by atoms with Crippen LogP contribution in [0.2, 0.25) is 0 Å². The Labute approximate surface area is 140 Å². The molecule has 3 rings (SSSR count). The van der Waals surface area contributed by atoms with Crippen molar-refractivity contribution in [3.05, 3.63) is 47.0 Å². The highest BCUT2D eigenvalue weighted by Gasteiger charge is 2.22. The van der Waals surface area contributed by atoms with E-state index >= 15 is 0 Å². The molecule has 7 heteroatoms. The van der Waals surface area contributed by atoms with Crippen LogP contribution in [-0.2, 0) is 27.1 Å². The van der Waals surface area contributed by atoms with Crippen LogP contribution in [0.4, 0.5) is 10.6 Å². The number of nitrogens with one attached hydrogen (secondary N) is 2. The van der Waals surface area contributed by atoms with E-state index in [4.69, 9.17) is 19.2 Å². The minimum Gasteiger partial charge on any atom is -0.418 e. The summed E-state index contributed by atoms with van der Waals surface area (Å²) in [6, 6.07) is 2.11. The smallest absolute Gasteiger partial charge is 0.416 e. The van der Waals surface area contributed by atoms with Crippen molar-refractivity contribution in [1.29, 1.82) is 0 Å². The lowest BCUT2D eigenvalue weighted by Crippen LogP contribution is -2.24. The molecular formula is C17H21N3O4. The second-order valence-electron chi connectivity index (χ2n) is 5.60. The lowest BCUT2D eigenvalue weighted by atomic mass is 9.99. The predicted molar refractivity (Wildman–Crippen MR) is 88.4 cm³/mol. The highest BCUT2D eigenvalue weighted by molar-refractivity contribution is 5.71. The van der Waals surface area contributed by atoms with Gasteiger partial charge in [-0.15, -0.1) is 0 Å². The van der Waals surface area contributed by atoms with Gasteiger partial charge in [0.2, 0.25) is 6.29 Å². The minimum atomic E-state index is -0.567. The summed E-state index contributed by atoms with van der Waals surface area (Å²) in [5.41, 5.74) is 3.55. The molecule has 2 aliphatic heterocycles. The van der Waals surface area contributed by atoms with Crippen LogP contribution in [-0.4, -0.2) is 31.8 Å². The van der Waals surface area contributed by atoms with Gasteiger partial charge in [-0.05, 0) is 42.2 Å². The zero-order chi connectivity index (χ0) is 16.9. The van der Waals surface area contributed by atoms with E-state index in [9.17, 15) is 4.79 Å². The highest BCUT2D eigenvalue weighted by atomic mass is 16.7. The second-order valence-corrected chi connectivity index (χ2v) is 5.60. The molecule has 0 saturated heterocycles. The van der Waals surface area contributed by atoms with Crippen molar-refractivity contribution >= 4 is 11.9 Å². The topological polar surface area (TPSA) is 81.7 Å². The molecular weight excluding hydrogens is 310 g/mol. The average molecular weight is 331 g/mol. The Hall–Kier alpha value is -2.38. The summed E-state index contributed by atoms with van der Waals surface area (Å²) >= 11 is 0. The van der Waals surface area contributed by atoms with Gasteiger partial charge in [0.05, 0.1) is 6.26 Å². The monoisotopic (exact) mass is 331 g/mol. The van der Waals surface area contributed by atoms with Crippen LogP contribution in [0.3, 0.4) is 0 Å². The van der Waals surface area contributed by atoms with E-state index in [-0.39, 0.29) is 0 Å². The number of rotatable bonds is 5. The number of hydrogen-bond acceptors (Lipinski definition) is 6. The van der Waals surface area contributed by atoms with Gasteiger partial charge in [0.25, 0.3) is 0 Å². The van der Waals surface area contributed by atoms with Crippen molar-refractivity contribution in [1.82, 2.24) is 10.3 Å². The van der Waals surface area contributed by atoms with E-state index in [1.54, 1.807) is 26.4 Å². The SMILES string of the molecule is COC(OC)c1nc2c(cc1CC1=CC=COC(=O)N1)CCCN2. The molecule has 0 fully saturated rings. The van der Waals surface area contributed by atoms with Gasteiger partial charge < -0.3 is 19.5 Å². The van der Waals surface area contributed by atoms with Crippen LogP contribution in [0.15, 0.2) is 30.2 Å². The molecule has 0 radical (unpaired) electrons. The summed E-state index contributed by atoms with van der Waals surface area (Å²) in [6.07, 6.45) is 6.32. The van der Waals surface area contributed by atoms with Crippen molar-refractivity contribution < 1.29 is 19.0 Å². The fraction of sp³-hybridized carbons (Fsp3) is 0.412. The van der Waals surface area contributed by atoms with Crippen molar-refractivity contribution in [2.24, 2.45) is 0 Å². The Morgan fingerprint density at radius 3 is 3.00 bits per heavy atom. The van der Waals surface area contributed by atoms with Crippen molar-refractivity contribution in [2.75, 3.05) is 26.1 Å². The first-order valence-electron chi connectivity index (χ1n) is 7.86. The molecule has 7 nitrogen and oxygen atoms in total. The van der Waals surface area contributed by atoms with Crippen LogP contribution in [0.1, 0.15) is 29.5 Å². The number of nitrogens with zero attached hydrogens (tertiary/aromatic N) is 1. The fourth-order valence-corrected chi connectivity index (χ4v) is 2.88. The molecule has 24 heavy (non-hydrogen) atoms. The molecule has 0 saturated carbocycles. The fourth-order valence-electron chi connectivity index (χ4n) is 2.88. The number of hydrogen-bond donors (Lipinski definition) is 2. The third-order valence-electron chi connectivity index (χ3n) is 3.98. The first-order chi connectivity index (χ1) is 11.7. The zero-order valence-corrected chi connectivity index (χ0v) is 13.8. The first kappa shape index (κ1) is 16.5. The third kappa shape index (κ3) is 3.58. The van der Waals surface area contributed by atoms with E-state index in [1.807, 2.05) is 0 Å². The Kier molecular flexibility index (Phi) is 5.12. The quantitative estimate of drug-likeness (QED) is 0.807. The number of allylic oxidation sites excluding steroid dienone is 3. The number of methoxy groups -OCH3 is 2. The number of pyridine rings is 1. The molecule has 1 aromatic rings. The van der Waals surface area contributed by atoms with Gasteiger partial charge in [0.1, 0.15) is 11.5 Å². The molecule has 0 unspecified atom stereocenters. The molecule has 0 bridgehead atoms. The normalized spacial score (nSPS) is 16.6. The second kappa shape index (κ2) is 7.46. The van der Waals surface area contributed by atoms with Crippen LogP contribution in [0.25, 0.3) is 0 Å². The molecule has 0 atom stereocenters. The van der Waals surface area contributed by atoms with Crippen LogP contribution in [0, 0.1) is 0 Å². The molecule has 2 aliphatic rings. The minimum absolute atomic E-state index is 0.498. The van der Waals surface area contributed by atoms with Gasteiger partial charge in [0.15, 0.2) is 0 Å². The lowest BCUT2D eigenvalue weighted by Gasteiger charge is -2.23. The Morgan fingerprint density at radius 1 is 1.38 bits per heavy atom. The highest BCUT2D eigenvalue weighted by Crippen LogP contribution is 2.29. The van der Waals surface area contributed by atoms with Gasteiger partial charge in [-0.1, -0.05) is 0 Å². The summed E-state index contributed by atoms with van der Waals surface area (Å²) in [6.45, 7) is 0.909. The maximum atomic E-state index is 11.5. The first-order valence-corrected chi connectivity index (χ1v) is 7.86. The molecule has 3 heterocycles. The Bertz CT molecular complexity index is 681. The molecule has 128 valence electrons. The number of amides is 1. The summed E-state index contributed by atoms with van der Waals surface area (Å²) in [4.78, 5) is 16.3. The van der Waals surface area contributed by atoms with Crippen molar-refractivity contribution in [3.63, 3.8) is 0 Å². The van der Waals surface area contributed by atoms with Gasteiger partial charge >= 0.3 is 6.09 Å². The number of alkyl carbamates (subject to hydrolysis) is 1. The van der Waals surface area contributed by atoms with E-state index in [2.05, 4.69) is 16.7 Å². The molecule has 1 aromatic heterocycles. The average Bonchev–Trinajstić information content (AvgIpc) is 2.80. The number of aromatic nitrogens is 1. The number of carbonyl (C=O) groups is 1. The lowest BCUT2D eigenvalue weighted by molar-refractivity contribution is -0.109. The molecule has 2 N–H and O–H groups in total. The van der Waals surface area contributed by atoms with E-state index in [1.165, 1.54) is 11.8 Å². The van der Waals surface area contributed by atoms with Crippen LogP contribution in [0.5, 0.6) is 0 Å². The van der Waals surface area contributed by atoms with E-state index in [0.29, 0.717) is 12.1 Å².